The molecule has 0 aliphatic heterocycles. The number of anilines is 1. The summed E-state index contributed by atoms with van der Waals surface area (Å²) in [5.41, 5.74) is 1.55. The van der Waals surface area contributed by atoms with Crippen molar-refractivity contribution in [3.63, 3.8) is 0 Å². The summed E-state index contributed by atoms with van der Waals surface area (Å²) in [7, 11) is -2.30. The second-order valence-corrected chi connectivity index (χ2v) is 7.98. The topological polar surface area (TPSA) is 117 Å². The number of likely N-dealkylation sites (N-methyl/N-ethyl adjacent to an activating group) is 1. The molecule has 0 radical (unpaired) electrons. The first-order valence-corrected chi connectivity index (χ1v) is 10.2. The van der Waals surface area contributed by atoms with E-state index in [-0.39, 0.29) is 23.4 Å². The fraction of sp³-hybridized carbons (Fsp3) is 0.250. The molecule has 0 aromatic heterocycles. The van der Waals surface area contributed by atoms with Gasteiger partial charge in [-0.3, -0.25) is 9.52 Å². The minimum Gasteiger partial charge on any atom is -0.452 e. The number of nitrogens with zero attached hydrogens (tertiary/aromatic N) is 2. The molecule has 2 rings (SSSR count). The van der Waals surface area contributed by atoms with E-state index in [1.54, 1.807) is 24.3 Å². The Hall–Kier alpha value is -3.38. The first-order chi connectivity index (χ1) is 13.7. The highest BCUT2D eigenvalue weighted by Gasteiger charge is 2.17. The van der Waals surface area contributed by atoms with Crippen LogP contribution in [0.2, 0.25) is 0 Å². The molecule has 0 atom stereocenters. The van der Waals surface area contributed by atoms with Gasteiger partial charge in [0.1, 0.15) is 0 Å². The number of carbonyl (C=O) groups is 2. The van der Waals surface area contributed by atoms with E-state index < -0.39 is 28.5 Å². The number of esters is 1. The van der Waals surface area contributed by atoms with Crippen molar-refractivity contribution in [3.8, 4) is 6.07 Å². The molecule has 1 amide bonds. The second kappa shape index (κ2) is 9.71. The van der Waals surface area contributed by atoms with E-state index in [9.17, 15) is 18.0 Å². The number of hydrogen-bond donors (Lipinski definition) is 1. The molecule has 29 heavy (non-hydrogen) atoms. The molecule has 8 nitrogen and oxygen atoms in total. The SMILES string of the molecule is Cc1ccc(NS(=O)(=O)c2ccc(C(=O)OCC(=O)N(C)CCC#N)cc2)cc1. The molecule has 0 fully saturated rings. The lowest BCUT2D eigenvalue weighted by molar-refractivity contribution is -0.133. The molecule has 0 aliphatic rings. The third kappa shape index (κ3) is 6.33. The zero-order valence-corrected chi connectivity index (χ0v) is 16.9. The number of nitrogens with one attached hydrogen (secondary N) is 1. The average Bonchev–Trinajstić information content (AvgIpc) is 2.71. The van der Waals surface area contributed by atoms with Crippen molar-refractivity contribution < 1.29 is 22.7 Å². The number of hydrogen-bond acceptors (Lipinski definition) is 6. The van der Waals surface area contributed by atoms with Gasteiger partial charge in [0.25, 0.3) is 15.9 Å². The largest absolute Gasteiger partial charge is 0.452 e. The molecule has 0 saturated carbocycles. The number of benzene rings is 2. The van der Waals surface area contributed by atoms with Gasteiger partial charge in [-0.05, 0) is 43.3 Å². The first-order valence-electron chi connectivity index (χ1n) is 8.70. The molecule has 2 aromatic rings. The number of ether oxygens (including phenoxy) is 1. The van der Waals surface area contributed by atoms with Crippen molar-refractivity contribution in [1.82, 2.24) is 4.90 Å². The lowest BCUT2D eigenvalue weighted by atomic mass is 10.2. The minimum atomic E-state index is -3.80. The Morgan fingerprint density at radius 3 is 2.31 bits per heavy atom. The van der Waals surface area contributed by atoms with Gasteiger partial charge in [-0.1, -0.05) is 17.7 Å². The summed E-state index contributed by atoms with van der Waals surface area (Å²) in [6, 6.07) is 14.0. The number of sulfonamides is 1. The van der Waals surface area contributed by atoms with E-state index in [2.05, 4.69) is 4.72 Å². The van der Waals surface area contributed by atoms with Crippen LogP contribution in [0.15, 0.2) is 53.4 Å². The van der Waals surface area contributed by atoms with E-state index in [1.807, 2.05) is 13.0 Å². The van der Waals surface area contributed by atoms with Crippen LogP contribution in [0.25, 0.3) is 0 Å². The van der Waals surface area contributed by atoms with Crippen molar-refractivity contribution in [2.75, 3.05) is 24.9 Å². The van der Waals surface area contributed by atoms with Crippen molar-refractivity contribution >= 4 is 27.6 Å². The number of amides is 1. The van der Waals surface area contributed by atoms with E-state index in [4.69, 9.17) is 10.00 Å². The molecule has 152 valence electrons. The minimum absolute atomic E-state index is 0.0121. The second-order valence-electron chi connectivity index (χ2n) is 6.30. The molecule has 0 heterocycles. The molecule has 0 unspecified atom stereocenters. The van der Waals surface area contributed by atoms with Crippen LogP contribution in [0.3, 0.4) is 0 Å². The number of nitriles is 1. The molecule has 2 aromatic carbocycles. The monoisotopic (exact) mass is 415 g/mol. The zero-order chi connectivity index (χ0) is 21.4. The molecular weight excluding hydrogens is 394 g/mol. The predicted octanol–water partition coefficient (Wildman–Crippen LogP) is 2.32. The maximum absolute atomic E-state index is 12.4. The summed E-state index contributed by atoms with van der Waals surface area (Å²) in [6.45, 7) is 1.68. The maximum Gasteiger partial charge on any atom is 0.338 e. The van der Waals surface area contributed by atoms with Gasteiger partial charge in [-0.15, -0.1) is 0 Å². The summed E-state index contributed by atoms with van der Waals surface area (Å²) in [5, 5.41) is 8.52. The van der Waals surface area contributed by atoms with Gasteiger partial charge in [0.15, 0.2) is 6.61 Å². The smallest absolute Gasteiger partial charge is 0.338 e. The predicted molar refractivity (Wildman–Crippen MR) is 107 cm³/mol. The Morgan fingerprint density at radius 1 is 1.10 bits per heavy atom. The molecule has 1 N–H and O–H groups in total. The van der Waals surface area contributed by atoms with Crippen LogP contribution in [-0.2, 0) is 19.6 Å². The molecule has 9 heteroatoms. The molecule has 0 spiro atoms. The highest BCUT2D eigenvalue weighted by Crippen LogP contribution is 2.17. The van der Waals surface area contributed by atoms with E-state index in [1.165, 1.54) is 36.2 Å². The van der Waals surface area contributed by atoms with Gasteiger partial charge < -0.3 is 9.64 Å². The van der Waals surface area contributed by atoms with Crippen LogP contribution in [-0.4, -0.2) is 45.4 Å². The third-order valence-electron chi connectivity index (χ3n) is 4.02. The van der Waals surface area contributed by atoms with Crippen LogP contribution < -0.4 is 4.72 Å². The van der Waals surface area contributed by atoms with Crippen LogP contribution >= 0.6 is 0 Å². The standard InChI is InChI=1S/C20H21N3O5S/c1-15-4-8-17(9-5-15)22-29(26,27)18-10-6-16(7-11-18)20(25)28-14-19(24)23(2)13-3-12-21/h4-11,22H,3,13-14H2,1-2H3. The van der Waals surface area contributed by atoms with E-state index in [0.29, 0.717) is 5.69 Å². The van der Waals surface area contributed by atoms with E-state index >= 15 is 0 Å². The third-order valence-corrected chi connectivity index (χ3v) is 5.41. The summed E-state index contributed by atoms with van der Waals surface area (Å²) in [4.78, 5) is 25.2. The molecule has 0 saturated heterocycles. The number of aryl methyl sites for hydroxylation is 1. The molecule has 0 bridgehead atoms. The van der Waals surface area contributed by atoms with Crippen molar-refractivity contribution in [1.29, 1.82) is 5.26 Å². The number of carbonyl (C=O) groups excluding carboxylic acids is 2. The highest BCUT2D eigenvalue weighted by molar-refractivity contribution is 7.92. The Balaban J connectivity index is 1.98. The van der Waals surface area contributed by atoms with Crippen molar-refractivity contribution in [2.24, 2.45) is 0 Å². The summed E-state index contributed by atoms with van der Waals surface area (Å²) < 4.78 is 32.3. The van der Waals surface area contributed by atoms with Gasteiger partial charge in [0.2, 0.25) is 0 Å². The normalized spacial score (nSPS) is 10.7. The van der Waals surface area contributed by atoms with Crippen molar-refractivity contribution in [2.45, 2.75) is 18.2 Å². The van der Waals surface area contributed by atoms with Gasteiger partial charge in [-0.25, -0.2) is 13.2 Å². The molecule has 0 aliphatic carbocycles. The fourth-order valence-corrected chi connectivity index (χ4v) is 3.33. The Bertz CT molecular complexity index is 1010. The fourth-order valence-electron chi connectivity index (χ4n) is 2.27. The van der Waals surface area contributed by atoms with Crippen LogP contribution in [0, 0.1) is 18.3 Å². The van der Waals surface area contributed by atoms with Gasteiger partial charge in [0.05, 0.1) is 22.9 Å². The Labute approximate surface area is 169 Å². The Morgan fingerprint density at radius 2 is 1.72 bits per heavy atom. The van der Waals surface area contributed by atoms with E-state index in [0.717, 1.165) is 5.56 Å². The first kappa shape index (κ1) is 21.9. The zero-order valence-electron chi connectivity index (χ0n) is 16.1. The van der Waals surface area contributed by atoms with Gasteiger partial charge in [-0.2, -0.15) is 5.26 Å². The van der Waals surface area contributed by atoms with Crippen molar-refractivity contribution in [3.05, 3.63) is 59.7 Å². The van der Waals surface area contributed by atoms with Gasteiger partial charge >= 0.3 is 5.97 Å². The maximum atomic E-state index is 12.4. The summed E-state index contributed by atoms with van der Waals surface area (Å²) in [6.07, 6.45) is 0.183. The summed E-state index contributed by atoms with van der Waals surface area (Å²) in [5.74, 6) is -1.18. The van der Waals surface area contributed by atoms with Gasteiger partial charge in [0, 0.05) is 19.3 Å². The number of rotatable bonds is 8. The highest BCUT2D eigenvalue weighted by atomic mass is 32.2. The van der Waals surface area contributed by atoms with Crippen LogP contribution in [0.4, 0.5) is 5.69 Å². The van der Waals surface area contributed by atoms with Crippen LogP contribution in [0.5, 0.6) is 0 Å². The van der Waals surface area contributed by atoms with Crippen LogP contribution in [0.1, 0.15) is 22.3 Å². The summed E-state index contributed by atoms with van der Waals surface area (Å²) >= 11 is 0. The Kier molecular flexibility index (Phi) is 7.33. The molecular formula is C20H21N3O5S. The lowest BCUT2D eigenvalue weighted by Crippen LogP contribution is -2.31. The lowest BCUT2D eigenvalue weighted by Gasteiger charge is -2.15. The average molecular weight is 415 g/mol. The quantitative estimate of drug-likeness (QED) is 0.662.